The zero-order valence-electron chi connectivity index (χ0n) is 22.1. The van der Waals surface area contributed by atoms with E-state index >= 15 is 0 Å². The minimum atomic E-state index is -0.370. The molecule has 0 fully saturated rings. The molecule has 5 rings (SSSR count). The normalized spacial score (nSPS) is 11.5. The van der Waals surface area contributed by atoms with Crippen LogP contribution in [0.5, 0.6) is 0 Å². The predicted molar refractivity (Wildman–Crippen MR) is 149 cm³/mol. The van der Waals surface area contributed by atoms with Gasteiger partial charge in [-0.15, -0.1) is 5.10 Å². The summed E-state index contributed by atoms with van der Waals surface area (Å²) < 4.78 is 4.36. The van der Waals surface area contributed by atoms with Gasteiger partial charge in [-0.2, -0.15) is 0 Å². The molecule has 8 heteroatoms. The number of hydrogen-bond acceptors (Lipinski definition) is 4. The lowest BCUT2D eigenvalue weighted by Gasteiger charge is -2.12. The van der Waals surface area contributed by atoms with Crippen LogP contribution in [0.1, 0.15) is 46.5 Å². The first-order chi connectivity index (χ1) is 18.2. The van der Waals surface area contributed by atoms with E-state index in [2.05, 4.69) is 10.4 Å². The first-order valence-electron chi connectivity index (χ1n) is 12.8. The Bertz CT molecular complexity index is 1770. The molecule has 38 heavy (non-hydrogen) atoms. The van der Waals surface area contributed by atoms with Gasteiger partial charge in [-0.05, 0) is 54.7 Å². The molecule has 0 aliphatic heterocycles. The molecule has 0 saturated heterocycles. The van der Waals surface area contributed by atoms with Crippen LogP contribution in [-0.4, -0.2) is 31.2 Å². The highest BCUT2D eigenvalue weighted by molar-refractivity contribution is 5.98. The van der Waals surface area contributed by atoms with E-state index in [1.165, 1.54) is 13.6 Å². The summed E-state index contributed by atoms with van der Waals surface area (Å²) in [7, 11) is 0. The molecule has 2 aromatic heterocycles. The van der Waals surface area contributed by atoms with Gasteiger partial charge in [0.15, 0.2) is 0 Å². The summed E-state index contributed by atoms with van der Waals surface area (Å²) in [6.45, 7) is 9.08. The van der Waals surface area contributed by atoms with Gasteiger partial charge in [-0.3, -0.25) is 14.2 Å². The van der Waals surface area contributed by atoms with Gasteiger partial charge in [-0.1, -0.05) is 67.9 Å². The Hall–Kier alpha value is -4.46. The smallest absolute Gasteiger partial charge is 0.352 e. The number of aryl methyl sites for hydroxylation is 2. The van der Waals surface area contributed by atoms with Crippen molar-refractivity contribution in [3.63, 3.8) is 0 Å². The van der Waals surface area contributed by atoms with Gasteiger partial charge in [0.25, 0.3) is 11.5 Å². The van der Waals surface area contributed by atoms with Crippen molar-refractivity contribution in [1.29, 1.82) is 0 Å². The number of fused-ring (bicyclic) bond motifs is 3. The van der Waals surface area contributed by atoms with E-state index in [9.17, 15) is 14.4 Å². The van der Waals surface area contributed by atoms with E-state index in [0.29, 0.717) is 28.9 Å². The van der Waals surface area contributed by atoms with Gasteiger partial charge < -0.3 is 5.32 Å². The summed E-state index contributed by atoms with van der Waals surface area (Å²) >= 11 is 0. The first-order valence-corrected chi connectivity index (χ1v) is 12.8. The van der Waals surface area contributed by atoms with Crippen LogP contribution < -0.4 is 16.6 Å². The minimum absolute atomic E-state index is 0.237. The third-order valence-corrected chi connectivity index (χ3v) is 6.75. The average Bonchev–Trinajstić information content (AvgIpc) is 3.22. The van der Waals surface area contributed by atoms with Crippen LogP contribution >= 0.6 is 0 Å². The maximum Gasteiger partial charge on any atom is 0.352 e. The lowest BCUT2D eigenvalue weighted by Crippen LogP contribution is -2.29. The molecule has 1 amide bonds. The second kappa shape index (κ2) is 10.1. The second-order valence-corrected chi connectivity index (χ2v) is 10.2. The number of nitrogens with zero attached hydrogens (tertiary/aromatic N) is 4. The van der Waals surface area contributed by atoms with Gasteiger partial charge in [-0.25, -0.2) is 13.9 Å². The van der Waals surface area contributed by atoms with Gasteiger partial charge in [0.05, 0.1) is 24.0 Å². The molecule has 1 N–H and O–H groups in total. The van der Waals surface area contributed by atoms with Crippen LogP contribution in [0.2, 0.25) is 0 Å². The fourth-order valence-corrected chi connectivity index (χ4v) is 4.53. The van der Waals surface area contributed by atoms with Crippen molar-refractivity contribution in [3.8, 4) is 0 Å². The highest BCUT2D eigenvalue weighted by atomic mass is 16.2. The van der Waals surface area contributed by atoms with Crippen molar-refractivity contribution < 1.29 is 4.79 Å². The van der Waals surface area contributed by atoms with E-state index in [0.717, 1.165) is 22.3 Å². The van der Waals surface area contributed by atoms with Crippen molar-refractivity contribution in [2.75, 3.05) is 6.54 Å². The Morgan fingerprint density at radius 2 is 1.68 bits per heavy atom. The minimum Gasteiger partial charge on any atom is -0.352 e. The van der Waals surface area contributed by atoms with Gasteiger partial charge in [0, 0.05) is 12.1 Å². The maximum absolute atomic E-state index is 13.8. The Labute approximate surface area is 220 Å². The highest BCUT2D eigenvalue weighted by Gasteiger charge is 2.20. The monoisotopic (exact) mass is 509 g/mol. The summed E-state index contributed by atoms with van der Waals surface area (Å²) in [6.07, 6.45) is 0. The van der Waals surface area contributed by atoms with E-state index in [1.54, 1.807) is 18.2 Å². The van der Waals surface area contributed by atoms with Crippen LogP contribution in [0.15, 0.2) is 76.3 Å². The standard InChI is InChI=1S/C30H31N5O3/c1-19(2)16-31-27(36)23-13-14-25-26(15-23)35-29(33(28(25)37)17-22-11-9-20(3)10-12-22)32-34(30(35)38)18-24-8-6-5-7-21(24)4/h5-15,19H,16-18H2,1-4H3,(H,31,36). The van der Waals surface area contributed by atoms with Crippen LogP contribution in [-0.2, 0) is 13.1 Å². The van der Waals surface area contributed by atoms with E-state index < -0.39 is 0 Å². The highest BCUT2D eigenvalue weighted by Crippen LogP contribution is 2.16. The van der Waals surface area contributed by atoms with Crippen molar-refractivity contribution in [3.05, 3.63) is 115 Å². The van der Waals surface area contributed by atoms with Crippen LogP contribution in [0.25, 0.3) is 16.7 Å². The molecule has 194 valence electrons. The summed E-state index contributed by atoms with van der Waals surface area (Å²) in [6, 6.07) is 20.6. The SMILES string of the molecule is Cc1ccc(Cn2c(=O)c3ccc(C(=O)NCC(C)C)cc3n3c(=O)n(Cc4ccccc4C)nc23)cc1. The van der Waals surface area contributed by atoms with Gasteiger partial charge in [0.1, 0.15) is 0 Å². The quantitative estimate of drug-likeness (QED) is 0.360. The lowest BCUT2D eigenvalue weighted by atomic mass is 10.1. The molecule has 0 saturated carbocycles. The summed E-state index contributed by atoms with van der Waals surface area (Å²) in [5, 5.41) is 7.89. The van der Waals surface area contributed by atoms with E-state index in [-0.39, 0.29) is 36.0 Å². The summed E-state index contributed by atoms with van der Waals surface area (Å²) in [5.41, 5.74) is 4.15. The number of carbonyl (C=O) groups is 1. The van der Waals surface area contributed by atoms with Crippen LogP contribution in [0, 0.1) is 19.8 Å². The third kappa shape index (κ3) is 4.77. The number of aromatic nitrogens is 4. The number of nitrogens with one attached hydrogen (secondary N) is 1. The fraction of sp³-hybridized carbons (Fsp3) is 0.267. The topological polar surface area (TPSA) is 90.4 Å². The molecule has 0 bridgehead atoms. The zero-order chi connectivity index (χ0) is 27.0. The second-order valence-electron chi connectivity index (χ2n) is 10.2. The average molecular weight is 510 g/mol. The van der Waals surface area contributed by atoms with Crippen molar-refractivity contribution in [1.82, 2.24) is 24.1 Å². The molecular formula is C30H31N5O3. The molecule has 3 aromatic carbocycles. The van der Waals surface area contributed by atoms with Gasteiger partial charge >= 0.3 is 5.69 Å². The molecule has 0 spiro atoms. The number of benzene rings is 3. The third-order valence-electron chi connectivity index (χ3n) is 6.75. The first kappa shape index (κ1) is 25.2. The van der Waals surface area contributed by atoms with Crippen LogP contribution in [0.4, 0.5) is 0 Å². The van der Waals surface area contributed by atoms with E-state index in [1.807, 2.05) is 76.2 Å². The lowest BCUT2D eigenvalue weighted by molar-refractivity contribution is 0.0949. The van der Waals surface area contributed by atoms with E-state index in [4.69, 9.17) is 0 Å². The molecule has 0 aliphatic rings. The summed E-state index contributed by atoms with van der Waals surface area (Å²) in [4.78, 5) is 40.3. The molecule has 2 heterocycles. The molecule has 0 radical (unpaired) electrons. The Balaban J connectivity index is 1.72. The molecule has 0 atom stereocenters. The Morgan fingerprint density at radius 3 is 2.39 bits per heavy atom. The number of hydrogen-bond donors (Lipinski definition) is 1. The largest absolute Gasteiger partial charge is 0.352 e. The molecular weight excluding hydrogens is 478 g/mol. The molecule has 8 nitrogen and oxygen atoms in total. The van der Waals surface area contributed by atoms with Crippen molar-refractivity contribution in [2.45, 2.75) is 40.8 Å². The molecule has 0 aliphatic carbocycles. The zero-order valence-corrected chi connectivity index (χ0v) is 22.1. The summed E-state index contributed by atoms with van der Waals surface area (Å²) in [5.74, 6) is 0.279. The van der Waals surface area contributed by atoms with Crippen molar-refractivity contribution in [2.24, 2.45) is 5.92 Å². The molecule has 0 unspecified atom stereocenters. The number of carbonyl (C=O) groups excluding carboxylic acids is 1. The van der Waals surface area contributed by atoms with Gasteiger partial charge in [0.2, 0.25) is 5.78 Å². The number of amides is 1. The fourth-order valence-electron chi connectivity index (χ4n) is 4.53. The maximum atomic E-state index is 13.8. The Morgan fingerprint density at radius 1 is 0.947 bits per heavy atom. The molecule has 5 aromatic rings. The predicted octanol–water partition coefficient (Wildman–Crippen LogP) is 3.91. The van der Waals surface area contributed by atoms with Crippen LogP contribution in [0.3, 0.4) is 0 Å². The number of rotatable bonds is 7. The van der Waals surface area contributed by atoms with Crippen molar-refractivity contribution >= 4 is 22.6 Å². The Kier molecular flexibility index (Phi) is 6.72.